The van der Waals surface area contributed by atoms with E-state index in [4.69, 9.17) is 5.11 Å². The SMILES string of the molecule is O=C(O)c1cc(CC2=CCC(c3ccc(O)cc3O)=N2)ccc1O. The van der Waals surface area contributed by atoms with Crippen LogP contribution in [0.1, 0.15) is 27.9 Å². The number of carboxylic acid groups (broad SMARTS) is 1. The third-order valence-electron chi connectivity index (χ3n) is 3.78. The predicted octanol–water partition coefficient (Wildman–Crippen LogP) is 2.82. The first kappa shape index (κ1) is 15.6. The molecule has 122 valence electrons. The molecule has 0 amide bonds. The van der Waals surface area contributed by atoms with Gasteiger partial charge in [0.25, 0.3) is 0 Å². The highest BCUT2D eigenvalue weighted by molar-refractivity contribution is 6.05. The quantitative estimate of drug-likeness (QED) is 0.691. The topological polar surface area (TPSA) is 110 Å². The smallest absolute Gasteiger partial charge is 0.339 e. The molecule has 0 aliphatic carbocycles. The molecule has 0 unspecified atom stereocenters. The van der Waals surface area contributed by atoms with E-state index >= 15 is 0 Å². The molecule has 0 saturated heterocycles. The van der Waals surface area contributed by atoms with E-state index in [0.717, 1.165) is 11.3 Å². The molecular formula is C18H15NO5. The summed E-state index contributed by atoms with van der Waals surface area (Å²) >= 11 is 0. The van der Waals surface area contributed by atoms with Crippen LogP contribution in [-0.4, -0.2) is 32.1 Å². The summed E-state index contributed by atoms with van der Waals surface area (Å²) in [7, 11) is 0. The first-order valence-electron chi connectivity index (χ1n) is 7.28. The van der Waals surface area contributed by atoms with Gasteiger partial charge >= 0.3 is 5.97 Å². The van der Waals surface area contributed by atoms with E-state index in [9.17, 15) is 20.1 Å². The zero-order valence-electron chi connectivity index (χ0n) is 12.6. The van der Waals surface area contributed by atoms with E-state index in [1.165, 1.54) is 24.3 Å². The molecule has 2 aromatic rings. The molecule has 3 rings (SSSR count). The number of allylic oxidation sites excluding steroid dienone is 2. The maximum absolute atomic E-state index is 11.1. The molecule has 0 aromatic heterocycles. The highest BCUT2D eigenvalue weighted by Gasteiger charge is 2.16. The van der Waals surface area contributed by atoms with Gasteiger partial charge in [0.15, 0.2) is 0 Å². The van der Waals surface area contributed by atoms with Gasteiger partial charge in [-0.3, -0.25) is 4.99 Å². The Morgan fingerprint density at radius 1 is 1.04 bits per heavy atom. The molecule has 1 aliphatic heterocycles. The minimum Gasteiger partial charge on any atom is -0.508 e. The van der Waals surface area contributed by atoms with Crippen LogP contribution in [0.5, 0.6) is 17.2 Å². The molecule has 0 atom stereocenters. The normalized spacial score (nSPS) is 13.5. The number of hydrogen-bond donors (Lipinski definition) is 4. The number of carbonyl (C=O) groups is 1. The van der Waals surface area contributed by atoms with Gasteiger partial charge in [0, 0.05) is 30.2 Å². The van der Waals surface area contributed by atoms with Crippen LogP contribution >= 0.6 is 0 Å². The first-order chi connectivity index (χ1) is 11.4. The summed E-state index contributed by atoms with van der Waals surface area (Å²) in [6.07, 6.45) is 2.86. The molecule has 2 aromatic carbocycles. The van der Waals surface area contributed by atoms with Crippen molar-refractivity contribution in [2.45, 2.75) is 12.8 Å². The number of rotatable bonds is 4. The molecule has 24 heavy (non-hydrogen) atoms. The summed E-state index contributed by atoms with van der Waals surface area (Å²) in [6.45, 7) is 0. The van der Waals surface area contributed by atoms with Gasteiger partial charge in [-0.15, -0.1) is 0 Å². The lowest BCUT2D eigenvalue weighted by Gasteiger charge is -2.05. The fourth-order valence-electron chi connectivity index (χ4n) is 2.60. The number of nitrogens with zero attached hydrogens (tertiary/aromatic N) is 1. The third-order valence-corrected chi connectivity index (χ3v) is 3.78. The van der Waals surface area contributed by atoms with Crippen LogP contribution in [0.25, 0.3) is 0 Å². The monoisotopic (exact) mass is 325 g/mol. The van der Waals surface area contributed by atoms with Gasteiger partial charge in [-0.05, 0) is 29.8 Å². The minimum atomic E-state index is -1.19. The van der Waals surface area contributed by atoms with Gasteiger partial charge in [0.1, 0.15) is 22.8 Å². The molecule has 0 radical (unpaired) electrons. The van der Waals surface area contributed by atoms with Crippen molar-refractivity contribution in [3.8, 4) is 17.2 Å². The summed E-state index contributed by atoms with van der Waals surface area (Å²) in [5.41, 5.74) is 2.55. The summed E-state index contributed by atoms with van der Waals surface area (Å²) in [6, 6.07) is 8.76. The predicted molar refractivity (Wildman–Crippen MR) is 87.8 cm³/mol. The maximum Gasteiger partial charge on any atom is 0.339 e. The number of phenolic OH excluding ortho intramolecular Hbond substituents is 2. The van der Waals surface area contributed by atoms with Crippen LogP contribution < -0.4 is 0 Å². The van der Waals surface area contributed by atoms with E-state index in [2.05, 4.69) is 4.99 Å². The van der Waals surface area contributed by atoms with Gasteiger partial charge in [-0.25, -0.2) is 4.79 Å². The number of aliphatic imine (C=N–C) groups is 1. The van der Waals surface area contributed by atoms with E-state index in [0.29, 0.717) is 24.1 Å². The highest BCUT2D eigenvalue weighted by atomic mass is 16.4. The van der Waals surface area contributed by atoms with Crippen molar-refractivity contribution in [2.75, 3.05) is 0 Å². The van der Waals surface area contributed by atoms with Crippen LogP contribution in [0.2, 0.25) is 0 Å². The zero-order chi connectivity index (χ0) is 17.3. The Hall–Kier alpha value is -3.28. The van der Waals surface area contributed by atoms with Crippen molar-refractivity contribution >= 4 is 11.7 Å². The molecule has 6 heteroatoms. The molecule has 0 spiro atoms. The van der Waals surface area contributed by atoms with E-state index in [1.807, 2.05) is 6.08 Å². The largest absolute Gasteiger partial charge is 0.508 e. The number of carboxylic acids is 1. The number of aromatic hydroxyl groups is 3. The maximum atomic E-state index is 11.1. The van der Waals surface area contributed by atoms with Crippen LogP contribution in [0.3, 0.4) is 0 Å². The Labute approximate surface area is 137 Å². The van der Waals surface area contributed by atoms with Gasteiger partial charge in [0.05, 0.1) is 5.71 Å². The highest BCUT2D eigenvalue weighted by Crippen LogP contribution is 2.28. The van der Waals surface area contributed by atoms with Gasteiger partial charge in [-0.1, -0.05) is 12.1 Å². The summed E-state index contributed by atoms with van der Waals surface area (Å²) in [4.78, 5) is 15.5. The van der Waals surface area contributed by atoms with Crippen molar-refractivity contribution in [1.29, 1.82) is 0 Å². The van der Waals surface area contributed by atoms with Crippen molar-refractivity contribution in [3.05, 3.63) is 64.9 Å². The average molecular weight is 325 g/mol. The summed E-state index contributed by atoms with van der Waals surface area (Å²) < 4.78 is 0. The molecular weight excluding hydrogens is 310 g/mol. The Balaban J connectivity index is 1.81. The Morgan fingerprint density at radius 3 is 2.54 bits per heavy atom. The lowest BCUT2D eigenvalue weighted by Crippen LogP contribution is -1.99. The zero-order valence-corrected chi connectivity index (χ0v) is 12.6. The van der Waals surface area contributed by atoms with Crippen molar-refractivity contribution in [1.82, 2.24) is 0 Å². The standard InChI is InChI=1S/C18H15NO5/c20-12-3-4-13(17(22)9-12)15-5-2-11(19-15)7-10-1-6-16(21)14(8-10)18(23)24/h1-4,6,8-9,20-22H,5,7H2,(H,23,24). The van der Waals surface area contributed by atoms with Crippen molar-refractivity contribution in [2.24, 2.45) is 4.99 Å². The Bertz CT molecular complexity index is 883. The molecule has 6 nitrogen and oxygen atoms in total. The Kier molecular flexibility index (Phi) is 3.95. The average Bonchev–Trinajstić information content (AvgIpc) is 2.97. The number of benzene rings is 2. The fraction of sp³-hybridized carbons (Fsp3) is 0.111. The van der Waals surface area contributed by atoms with Crippen molar-refractivity contribution < 1.29 is 25.2 Å². The Morgan fingerprint density at radius 2 is 1.83 bits per heavy atom. The second-order valence-electron chi connectivity index (χ2n) is 5.49. The van der Waals surface area contributed by atoms with Gasteiger partial charge < -0.3 is 20.4 Å². The number of aromatic carboxylic acids is 1. The second kappa shape index (κ2) is 6.08. The van der Waals surface area contributed by atoms with E-state index in [-0.39, 0.29) is 22.8 Å². The van der Waals surface area contributed by atoms with E-state index < -0.39 is 5.97 Å². The van der Waals surface area contributed by atoms with Crippen LogP contribution in [-0.2, 0) is 6.42 Å². The van der Waals surface area contributed by atoms with Crippen LogP contribution in [0.15, 0.2) is 53.2 Å². The minimum absolute atomic E-state index is 0.0201. The van der Waals surface area contributed by atoms with E-state index in [1.54, 1.807) is 12.1 Å². The molecule has 0 saturated carbocycles. The van der Waals surface area contributed by atoms with Crippen LogP contribution in [0.4, 0.5) is 0 Å². The molecule has 0 fully saturated rings. The summed E-state index contributed by atoms with van der Waals surface area (Å²) in [5, 5.41) is 37.8. The first-order valence-corrected chi connectivity index (χ1v) is 7.28. The van der Waals surface area contributed by atoms with Crippen molar-refractivity contribution in [3.63, 3.8) is 0 Å². The number of hydrogen-bond acceptors (Lipinski definition) is 5. The second-order valence-corrected chi connectivity index (χ2v) is 5.49. The molecule has 0 bridgehead atoms. The van der Waals surface area contributed by atoms with Crippen LogP contribution in [0, 0.1) is 0 Å². The molecule has 1 aliphatic rings. The number of phenols is 3. The lowest BCUT2D eigenvalue weighted by atomic mass is 10.1. The summed E-state index contributed by atoms with van der Waals surface area (Å²) in [5.74, 6) is -1.52. The molecule has 1 heterocycles. The molecule has 4 N–H and O–H groups in total. The lowest BCUT2D eigenvalue weighted by molar-refractivity contribution is 0.0693. The van der Waals surface area contributed by atoms with Gasteiger partial charge in [0.2, 0.25) is 0 Å². The fourth-order valence-corrected chi connectivity index (χ4v) is 2.60. The van der Waals surface area contributed by atoms with Gasteiger partial charge in [-0.2, -0.15) is 0 Å². The third kappa shape index (κ3) is 3.08.